The number of carboxylic acid groups (broad SMARTS) is 1. The van der Waals surface area contributed by atoms with Crippen molar-refractivity contribution in [2.75, 3.05) is 0 Å². The third kappa shape index (κ3) is 2.27. The molecule has 0 aromatic heterocycles. The molecule has 0 bridgehead atoms. The first-order valence-electron chi connectivity index (χ1n) is 5.50. The van der Waals surface area contributed by atoms with E-state index in [9.17, 15) is 18.0 Å². The van der Waals surface area contributed by atoms with Gasteiger partial charge in [-0.3, -0.25) is 4.79 Å². The van der Waals surface area contributed by atoms with Crippen LogP contribution in [0.3, 0.4) is 0 Å². The summed E-state index contributed by atoms with van der Waals surface area (Å²) < 4.78 is 39.8. The highest BCUT2D eigenvalue weighted by Crippen LogP contribution is 2.46. The minimum atomic E-state index is -1.65. The van der Waals surface area contributed by atoms with Crippen LogP contribution < -0.4 is 0 Å². The molecule has 3 nitrogen and oxygen atoms in total. The zero-order valence-corrected chi connectivity index (χ0v) is 9.29. The molecule has 0 heterocycles. The molecule has 6 heteroatoms. The Hall–Kier alpha value is -1.72. The van der Waals surface area contributed by atoms with E-state index in [0.717, 1.165) is 12.8 Å². The molecule has 18 heavy (non-hydrogen) atoms. The summed E-state index contributed by atoms with van der Waals surface area (Å²) >= 11 is 0. The Balaban J connectivity index is 2.44. The number of aromatic hydroxyl groups is 1. The normalized spacial score (nSPS) is 16.6. The Morgan fingerprint density at radius 3 is 2.44 bits per heavy atom. The van der Waals surface area contributed by atoms with Crippen LogP contribution in [0, 0.1) is 23.4 Å². The van der Waals surface area contributed by atoms with E-state index in [-0.39, 0.29) is 17.9 Å². The second-order valence-electron chi connectivity index (χ2n) is 4.47. The van der Waals surface area contributed by atoms with E-state index in [2.05, 4.69) is 0 Å². The SMILES string of the molecule is O=C(O)CC(c1cc(F)c(F)c(O)c1F)C1CC1. The summed E-state index contributed by atoms with van der Waals surface area (Å²) in [6, 6.07) is 0.635. The van der Waals surface area contributed by atoms with Crippen molar-refractivity contribution in [3.63, 3.8) is 0 Å². The van der Waals surface area contributed by atoms with E-state index in [4.69, 9.17) is 10.2 Å². The molecule has 2 N–H and O–H groups in total. The molecule has 1 aromatic carbocycles. The highest BCUT2D eigenvalue weighted by atomic mass is 19.2. The minimum Gasteiger partial charge on any atom is -0.503 e. The Kier molecular flexibility index (Phi) is 3.19. The predicted molar refractivity (Wildman–Crippen MR) is 55.7 cm³/mol. The Morgan fingerprint density at radius 2 is 1.94 bits per heavy atom. The van der Waals surface area contributed by atoms with Gasteiger partial charge < -0.3 is 10.2 Å². The molecule has 98 valence electrons. The van der Waals surface area contributed by atoms with Gasteiger partial charge in [0.1, 0.15) is 0 Å². The zero-order chi connectivity index (χ0) is 13.4. The number of phenols is 1. The van der Waals surface area contributed by atoms with Gasteiger partial charge in [-0.2, -0.15) is 4.39 Å². The van der Waals surface area contributed by atoms with E-state index in [1.165, 1.54) is 0 Å². The van der Waals surface area contributed by atoms with Gasteiger partial charge in [-0.1, -0.05) is 0 Å². The number of carboxylic acids is 1. The first-order valence-corrected chi connectivity index (χ1v) is 5.50. The molecule has 1 unspecified atom stereocenters. The third-order valence-electron chi connectivity index (χ3n) is 3.15. The molecule has 0 amide bonds. The van der Waals surface area contributed by atoms with Crippen LogP contribution in [0.4, 0.5) is 13.2 Å². The number of halogens is 3. The number of phenolic OH excluding ortho intramolecular Hbond substituents is 1. The monoisotopic (exact) mass is 260 g/mol. The summed E-state index contributed by atoms with van der Waals surface area (Å²) in [7, 11) is 0. The number of benzene rings is 1. The molecular weight excluding hydrogens is 249 g/mol. The lowest BCUT2D eigenvalue weighted by Crippen LogP contribution is -2.11. The number of aliphatic carboxylic acids is 1. The maximum atomic E-state index is 13.7. The van der Waals surface area contributed by atoms with Crippen molar-refractivity contribution in [2.24, 2.45) is 5.92 Å². The van der Waals surface area contributed by atoms with Gasteiger partial charge >= 0.3 is 5.97 Å². The largest absolute Gasteiger partial charge is 0.503 e. The van der Waals surface area contributed by atoms with Crippen molar-refractivity contribution in [1.29, 1.82) is 0 Å². The van der Waals surface area contributed by atoms with Crippen LogP contribution in [0.25, 0.3) is 0 Å². The highest BCUT2D eigenvalue weighted by Gasteiger charge is 2.36. The zero-order valence-electron chi connectivity index (χ0n) is 9.29. The van der Waals surface area contributed by atoms with Crippen molar-refractivity contribution < 1.29 is 28.2 Å². The van der Waals surface area contributed by atoms with E-state index in [1.54, 1.807) is 0 Å². The Morgan fingerprint density at radius 1 is 1.33 bits per heavy atom. The van der Waals surface area contributed by atoms with Gasteiger partial charge in [-0.25, -0.2) is 8.78 Å². The average molecular weight is 260 g/mol. The summed E-state index contributed by atoms with van der Waals surface area (Å²) in [5.41, 5.74) is -0.267. The fourth-order valence-electron chi connectivity index (χ4n) is 2.10. The number of carbonyl (C=O) groups is 1. The predicted octanol–water partition coefficient (Wildman–Crippen LogP) is 2.78. The van der Waals surface area contributed by atoms with Crippen molar-refractivity contribution in [3.05, 3.63) is 29.1 Å². The lowest BCUT2D eigenvalue weighted by molar-refractivity contribution is -0.137. The molecule has 0 saturated heterocycles. The molecule has 2 rings (SSSR count). The Bertz CT molecular complexity index is 498. The lowest BCUT2D eigenvalue weighted by atomic mass is 9.90. The Labute approximate surface area is 101 Å². The molecule has 1 aliphatic carbocycles. The maximum Gasteiger partial charge on any atom is 0.303 e. The molecule has 0 aliphatic heterocycles. The van der Waals surface area contributed by atoms with Gasteiger partial charge in [-0.15, -0.1) is 0 Å². The number of hydrogen-bond donors (Lipinski definition) is 2. The summed E-state index contributed by atoms with van der Waals surface area (Å²) in [4.78, 5) is 10.7. The van der Waals surface area contributed by atoms with Crippen molar-refractivity contribution in [2.45, 2.75) is 25.2 Å². The highest BCUT2D eigenvalue weighted by molar-refractivity contribution is 5.68. The third-order valence-corrected chi connectivity index (χ3v) is 3.15. The van der Waals surface area contributed by atoms with Gasteiger partial charge in [0.2, 0.25) is 5.82 Å². The van der Waals surface area contributed by atoms with Gasteiger partial charge in [0.05, 0.1) is 6.42 Å². The summed E-state index contributed by atoms with van der Waals surface area (Å²) in [6.45, 7) is 0. The fourth-order valence-corrected chi connectivity index (χ4v) is 2.10. The number of rotatable bonds is 4. The lowest BCUT2D eigenvalue weighted by Gasteiger charge is -2.16. The van der Waals surface area contributed by atoms with Crippen LogP contribution in [-0.2, 0) is 4.79 Å². The van der Waals surface area contributed by atoms with Crippen molar-refractivity contribution >= 4 is 5.97 Å². The molecule has 0 spiro atoms. The molecule has 1 aliphatic rings. The molecular formula is C12H11F3O3. The van der Waals surface area contributed by atoms with E-state index in [1.807, 2.05) is 0 Å². The van der Waals surface area contributed by atoms with E-state index >= 15 is 0 Å². The first kappa shape index (κ1) is 12.7. The number of hydrogen-bond acceptors (Lipinski definition) is 2. The minimum absolute atomic E-state index is 0.0557. The van der Waals surface area contributed by atoms with Crippen molar-refractivity contribution in [3.8, 4) is 5.75 Å². The van der Waals surface area contributed by atoms with E-state index < -0.39 is 35.1 Å². The topological polar surface area (TPSA) is 57.5 Å². The van der Waals surface area contributed by atoms with Crippen LogP contribution in [0.5, 0.6) is 5.75 Å². The first-order chi connectivity index (χ1) is 8.41. The molecule has 1 aromatic rings. The van der Waals surface area contributed by atoms with Crippen LogP contribution in [0.15, 0.2) is 6.07 Å². The summed E-state index contributed by atoms with van der Waals surface area (Å²) in [6.07, 6.45) is 1.07. The molecule has 1 fully saturated rings. The quantitative estimate of drug-likeness (QED) is 0.818. The van der Waals surface area contributed by atoms with Gasteiger partial charge in [0.15, 0.2) is 17.4 Å². The standard InChI is InChI=1S/C12H11F3O3/c13-8-3-7(10(14)12(18)11(8)15)6(4-9(16)17)5-1-2-5/h3,5-6,18H,1-2,4H2,(H,16,17). The molecule has 1 atom stereocenters. The average Bonchev–Trinajstić information content (AvgIpc) is 3.12. The second-order valence-corrected chi connectivity index (χ2v) is 4.47. The van der Waals surface area contributed by atoms with Crippen molar-refractivity contribution in [1.82, 2.24) is 0 Å². The van der Waals surface area contributed by atoms with Crippen LogP contribution in [0.2, 0.25) is 0 Å². The summed E-state index contributed by atoms with van der Waals surface area (Å²) in [5.74, 6) is -7.62. The van der Waals surface area contributed by atoms with Gasteiger partial charge in [-0.05, 0) is 30.4 Å². The van der Waals surface area contributed by atoms with Crippen LogP contribution >= 0.6 is 0 Å². The van der Waals surface area contributed by atoms with Gasteiger partial charge in [0, 0.05) is 5.92 Å². The van der Waals surface area contributed by atoms with Gasteiger partial charge in [0.25, 0.3) is 0 Å². The summed E-state index contributed by atoms with van der Waals surface area (Å²) in [5, 5.41) is 17.9. The fraction of sp³-hybridized carbons (Fsp3) is 0.417. The van der Waals surface area contributed by atoms with E-state index in [0.29, 0.717) is 6.07 Å². The smallest absolute Gasteiger partial charge is 0.303 e. The van der Waals surface area contributed by atoms with Crippen LogP contribution in [-0.4, -0.2) is 16.2 Å². The maximum absolute atomic E-state index is 13.7. The molecule has 0 radical (unpaired) electrons. The second kappa shape index (κ2) is 4.51. The van der Waals surface area contributed by atoms with Crippen LogP contribution in [0.1, 0.15) is 30.7 Å². The molecule has 1 saturated carbocycles.